The Kier molecular flexibility index (Phi) is 10.5. The zero-order valence-corrected chi connectivity index (χ0v) is 21.4. The summed E-state index contributed by atoms with van der Waals surface area (Å²) in [4.78, 5) is 18.9. The zero-order chi connectivity index (χ0) is 24.8. The topological polar surface area (TPSA) is 180 Å². The first-order chi connectivity index (χ1) is 15.4. The Hall–Kier alpha value is -0.860. The summed E-state index contributed by atoms with van der Waals surface area (Å²) in [5.41, 5.74) is 0.228. The number of nitrogens with two attached hydrogens (primary N) is 1. The van der Waals surface area contributed by atoms with Gasteiger partial charge in [-0.05, 0) is 19.4 Å². The van der Waals surface area contributed by atoms with E-state index in [4.69, 9.17) is 20.3 Å². The first-order valence-corrected chi connectivity index (χ1v) is 14.7. The van der Waals surface area contributed by atoms with Crippen LogP contribution in [0.25, 0.3) is 0 Å². The number of thioether (sulfide) groups is 1. The van der Waals surface area contributed by atoms with Crippen molar-refractivity contribution in [3.8, 4) is 0 Å². The number of carbonyl (C=O) groups excluding carboxylic acids is 1. The van der Waals surface area contributed by atoms with E-state index in [2.05, 4.69) is 4.84 Å². The van der Waals surface area contributed by atoms with Crippen LogP contribution >= 0.6 is 23.1 Å². The van der Waals surface area contributed by atoms with E-state index in [1.807, 2.05) is 0 Å². The van der Waals surface area contributed by atoms with Gasteiger partial charge in [0, 0.05) is 44.7 Å². The van der Waals surface area contributed by atoms with Gasteiger partial charge in [0.05, 0.1) is 23.8 Å². The molecule has 1 aliphatic rings. The molecule has 1 aliphatic heterocycles. The van der Waals surface area contributed by atoms with Crippen LogP contribution in [0.4, 0.5) is 0 Å². The fraction of sp³-hybridized carbons (Fsp3) is 0.688. The van der Waals surface area contributed by atoms with Crippen molar-refractivity contribution in [1.29, 1.82) is 0 Å². The number of thiophene rings is 1. The molecular formula is C16H28N4O9S4. The minimum Gasteiger partial charge on any atom is -0.385 e. The van der Waals surface area contributed by atoms with Crippen LogP contribution in [0.1, 0.15) is 24.9 Å². The Morgan fingerprint density at radius 1 is 1.39 bits per heavy atom. The van der Waals surface area contributed by atoms with E-state index in [-0.39, 0.29) is 51.9 Å². The maximum atomic E-state index is 13.2. The number of sulfonamides is 2. The zero-order valence-electron chi connectivity index (χ0n) is 18.1. The lowest BCUT2D eigenvalue weighted by atomic mass is 10.1. The summed E-state index contributed by atoms with van der Waals surface area (Å²) in [6.45, 7) is 2.41. The van der Waals surface area contributed by atoms with Crippen molar-refractivity contribution >= 4 is 49.1 Å². The smallest absolute Gasteiger partial charge is 0.253 e. The molecule has 0 bridgehead atoms. The van der Waals surface area contributed by atoms with Crippen molar-refractivity contribution in [2.24, 2.45) is 5.14 Å². The summed E-state index contributed by atoms with van der Waals surface area (Å²) >= 11 is 1.77. The molecule has 0 fully saturated rings. The molecule has 1 amide bonds. The fourth-order valence-corrected chi connectivity index (χ4v) is 8.26. The number of likely N-dealkylation sites (N-methyl/N-ethyl adjacent to an activating group) is 1. The van der Waals surface area contributed by atoms with Gasteiger partial charge in [-0.15, -0.1) is 23.1 Å². The van der Waals surface area contributed by atoms with Gasteiger partial charge in [-0.25, -0.2) is 26.8 Å². The summed E-state index contributed by atoms with van der Waals surface area (Å²) < 4.78 is 56.0. The van der Waals surface area contributed by atoms with Crippen LogP contribution in [-0.4, -0.2) is 99.2 Å². The quantitative estimate of drug-likeness (QED) is 0.224. The number of fused-ring (bicyclic) bond motifs is 1. The second-order valence-corrected chi connectivity index (χ2v) is 13.0. The molecule has 0 radical (unpaired) electrons. The van der Waals surface area contributed by atoms with Crippen molar-refractivity contribution in [3.63, 3.8) is 0 Å². The predicted octanol–water partition coefficient (Wildman–Crippen LogP) is 0.0711. The lowest BCUT2D eigenvalue weighted by Crippen LogP contribution is -2.47. The number of methoxy groups -OCH3 is 1. The minimum atomic E-state index is -4.14. The summed E-state index contributed by atoms with van der Waals surface area (Å²) in [5, 5.41) is 21.9. The van der Waals surface area contributed by atoms with E-state index in [1.54, 1.807) is 6.92 Å². The highest BCUT2D eigenvalue weighted by atomic mass is 32.3. The molecule has 1 aromatic heterocycles. The van der Waals surface area contributed by atoms with Crippen LogP contribution < -0.4 is 5.14 Å². The van der Waals surface area contributed by atoms with E-state index >= 15 is 0 Å². The molecule has 13 nitrogen and oxygen atoms in total. The molecule has 4 N–H and O–H groups in total. The summed E-state index contributed by atoms with van der Waals surface area (Å²) in [6, 6.07) is 0.537. The second-order valence-electron chi connectivity index (χ2n) is 6.90. The fourth-order valence-electron chi connectivity index (χ4n) is 3.30. The highest BCUT2D eigenvalue weighted by Crippen LogP contribution is 2.42. The van der Waals surface area contributed by atoms with Gasteiger partial charge in [-0.3, -0.25) is 15.2 Å². The molecule has 0 aliphatic carbocycles. The molecule has 0 aromatic carbocycles. The maximum Gasteiger partial charge on any atom is 0.253 e. The molecule has 0 unspecified atom stereocenters. The highest BCUT2D eigenvalue weighted by molar-refractivity contribution is 7.99. The van der Waals surface area contributed by atoms with Crippen molar-refractivity contribution in [2.75, 3.05) is 51.5 Å². The largest absolute Gasteiger partial charge is 0.385 e. The van der Waals surface area contributed by atoms with Crippen LogP contribution in [0.2, 0.25) is 0 Å². The average Bonchev–Trinajstić information content (AvgIpc) is 3.18. The number of amides is 1. The average molecular weight is 549 g/mol. The summed E-state index contributed by atoms with van der Waals surface area (Å²) in [6.07, 6.45) is 0.424. The van der Waals surface area contributed by atoms with Crippen molar-refractivity contribution in [2.45, 2.75) is 27.8 Å². The molecule has 190 valence electrons. The number of hydrogen-bond acceptors (Lipinski definition) is 12. The van der Waals surface area contributed by atoms with Crippen LogP contribution in [0, 0.1) is 0 Å². The Labute approximate surface area is 201 Å². The van der Waals surface area contributed by atoms with Gasteiger partial charge < -0.3 is 9.64 Å². The lowest BCUT2D eigenvalue weighted by molar-refractivity contribution is -0.490. The molecule has 1 aromatic rings. The van der Waals surface area contributed by atoms with Gasteiger partial charge in [0.1, 0.15) is 8.42 Å². The monoisotopic (exact) mass is 548 g/mol. The van der Waals surface area contributed by atoms with Gasteiger partial charge in [0.2, 0.25) is 15.9 Å². The van der Waals surface area contributed by atoms with Gasteiger partial charge >= 0.3 is 0 Å². The van der Waals surface area contributed by atoms with Crippen molar-refractivity contribution in [3.05, 3.63) is 11.6 Å². The number of primary sulfonamides is 1. The number of hydrogen-bond donors (Lipinski definition) is 3. The molecule has 0 saturated carbocycles. The number of rotatable bonds is 13. The number of ether oxygens (including phenoxy) is 1. The van der Waals surface area contributed by atoms with E-state index in [0.717, 1.165) is 0 Å². The Morgan fingerprint density at radius 3 is 2.67 bits per heavy atom. The molecule has 1 atom stereocenters. The first-order valence-electron chi connectivity index (χ1n) is 9.77. The van der Waals surface area contributed by atoms with Gasteiger partial charge in [-0.1, -0.05) is 0 Å². The van der Waals surface area contributed by atoms with Crippen LogP contribution in [0.5, 0.6) is 0 Å². The van der Waals surface area contributed by atoms with Gasteiger partial charge in [0.15, 0.2) is 0 Å². The molecule has 2 rings (SSSR count). The molecule has 0 saturated heterocycles. The van der Waals surface area contributed by atoms with Gasteiger partial charge in [-0.2, -0.15) is 4.31 Å². The first kappa shape index (κ1) is 28.4. The van der Waals surface area contributed by atoms with Crippen LogP contribution in [0.3, 0.4) is 0 Å². The van der Waals surface area contributed by atoms with Gasteiger partial charge in [0.25, 0.3) is 10.0 Å². The van der Waals surface area contributed by atoms with Crippen LogP contribution in [0.15, 0.2) is 14.5 Å². The summed E-state index contributed by atoms with van der Waals surface area (Å²) in [7, 11) is -6.61. The van der Waals surface area contributed by atoms with Crippen molar-refractivity contribution in [1.82, 2.24) is 14.6 Å². The summed E-state index contributed by atoms with van der Waals surface area (Å²) in [5.74, 6) is 0.0352. The Bertz CT molecular complexity index is 1010. The van der Waals surface area contributed by atoms with E-state index in [9.17, 15) is 21.6 Å². The van der Waals surface area contributed by atoms with Crippen LogP contribution in [-0.2, 0) is 34.4 Å². The third-order valence-corrected chi connectivity index (χ3v) is 10.6. The molecule has 0 spiro atoms. The molecular weight excluding hydrogens is 520 g/mol. The third kappa shape index (κ3) is 7.31. The van der Waals surface area contributed by atoms with Crippen molar-refractivity contribution < 1.29 is 41.6 Å². The third-order valence-electron chi connectivity index (χ3n) is 4.75. The molecule has 17 heteroatoms. The van der Waals surface area contributed by atoms with E-state index in [1.165, 1.54) is 34.1 Å². The maximum absolute atomic E-state index is 13.2. The lowest BCUT2D eigenvalue weighted by Gasteiger charge is -2.38. The molecule has 33 heavy (non-hydrogen) atoms. The minimum absolute atomic E-state index is 0.0303. The number of carbonyl (C=O) groups is 1. The Balaban J connectivity index is 2.32. The van der Waals surface area contributed by atoms with E-state index < -0.39 is 31.5 Å². The normalized spacial score (nSPS) is 18.4. The second kappa shape index (κ2) is 12.2. The SMILES string of the molecule is CCN(C(=O)CSCCON(O)O)[C@H]1CN(CCCOC)S(=O)(=O)c2sc(S(N)(=O)=O)cc21. The highest BCUT2D eigenvalue weighted by Gasteiger charge is 2.42. The standard InChI is InChI=1S/C16H28N4O9S4/c1-3-19(14(21)11-30-8-7-29-20(22)23)13-10-18(5-4-6-28-2)33(26,27)16-12(13)9-15(31-16)32(17,24)25/h9,13,22-23H,3-8,10-11H2,1-2H3,(H2,17,24,25)/t13-/m0/s1. The predicted molar refractivity (Wildman–Crippen MR) is 120 cm³/mol. The van der Waals surface area contributed by atoms with E-state index in [0.29, 0.717) is 30.1 Å². The molecule has 2 heterocycles. The number of nitrogens with zero attached hydrogens (tertiary/aromatic N) is 3. The Morgan fingerprint density at radius 2 is 2.09 bits per heavy atom.